The summed E-state index contributed by atoms with van der Waals surface area (Å²) >= 11 is 0. The number of nitrogens with two attached hydrogens (primary N) is 1. The number of primary sulfonamides is 1. The Morgan fingerprint density at radius 1 is 1.05 bits per heavy atom. The molecule has 7 nitrogen and oxygen atoms in total. The third-order valence-corrected chi connectivity index (χ3v) is 3.67. The molecule has 0 heterocycles. The van der Waals surface area contributed by atoms with Crippen LogP contribution < -0.4 is 10.5 Å². The van der Waals surface area contributed by atoms with E-state index in [0.717, 1.165) is 0 Å². The predicted molar refractivity (Wildman–Crippen MR) is 75.5 cm³/mol. The minimum absolute atomic E-state index is 0.0206. The van der Waals surface area contributed by atoms with Crippen LogP contribution in [-0.2, 0) is 10.0 Å². The summed E-state index contributed by atoms with van der Waals surface area (Å²) in [6, 6.07) is 9.45. The number of anilines is 1. The average molecular weight is 308 g/mol. The maximum absolute atomic E-state index is 12.0. The van der Waals surface area contributed by atoms with Gasteiger partial charge in [0.15, 0.2) is 11.5 Å². The molecule has 5 N–H and O–H groups in total. The third-order valence-electron chi connectivity index (χ3n) is 2.70. The van der Waals surface area contributed by atoms with Crippen LogP contribution in [0.15, 0.2) is 47.4 Å². The Hall–Kier alpha value is -2.58. The fraction of sp³-hybridized carbons (Fsp3) is 0. The van der Waals surface area contributed by atoms with Crippen molar-refractivity contribution in [2.45, 2.75) is 4.90 Å². The van der Waals surface area contributed by atoms with Crippen LogP contribution in [0.2, 0.25) is 0 Å². The first-order valence-electron chi connectivity index (χ1n) is 5.75. The number of carbonyl (C=O) groups excluding carboxylic acids is 1. The lowest BCUT2D eigenvalue weighted by molar-refractivity contribution is 0.102. The molecular formula is C13H12N2O5S. The Labute approximate surface area is 120 Å². The summed E-state index contributed by atoms with van der Waals surface area (Å²) in [5.74, 6) is -1.83. The van der Waals surface area contributed by atoms with Gasteiger partial charge < -0.3 is 15.5 Å². The molecule has 0 aromatic heterocycles. The smallest absolute Gasteiger partial charge is 0.259 e. The Morgan fingerprint density at radius 2 is 1.71 bits per heavy atom. The van der Waals surface area contributed by atoms with Crippen LogP contribution in [0.25, 0.3) is 0 Å². The van der Waals surface area contributed by atoms with E-state index in [1.807, 2.05) is 0 Å². The van der Waals surface area contributed by atoms with Crippen LogP contribution in [0.3, 0.4) is 0 Å². The molecule has 0 fully saturated rings. The minimum atomic E-state index is -4.01. The molecule has 0 saturated heterocycles. The molecule has 110 valence electrons. The summed E-state index contributed by atoms with van der Waals surface area (Å²) in [5.41, 5.74) is -0.216. The number of hydrogen-bond acceptors (Lipinski definition) is 5. The Bertz CT molecular complexity index is 802. The molecule has 0 atom stereocenters. The van der Waals surface area contributed by atoms with Gasteiger partial charge in [-0.05, 0) is 24.3 Å². The van der Waals surface area contributed by atoms with Crippen molar-refractivity contribution < 1.29 is 23.4 Å². The van der Waals surface area contributed by atoms with Crippen LogP contribution in [0, 0.1) is 0 Å². The second-order valence-electron chi connectivity index (χ2n) is 4.17. The van der Waals surface area contributed by atoms with Crippen molar-refractivity contribution in [2.24, 2.45) is 5.14 Å². The first-order valence-corrected chi connectivity index (χ1v) is 7.29. The molecule has 8 heteroatoms. The molecule has 0 aliphatic carbocycles. The highest BCUT2D eigenvalue weighted by molar-refractivity contribution is 7.89. The summed E-state index contributed by atoms with van der Waals surface area (Å²) in [4.78, 5) is 11.8. The summed E-state index contributed by atoms with van der Waals surface area (Å²) < 4.78 is 22.9. The van der Waals surface area contributed by atoms with Gasteiger partial charge in [0, 0.05) is 0 Å². The van der Waals surface area contributed by atoms with Crippen molar-refractivity contribution in [2.75, 3.05) is 5.32 Å². The number of hydrogen-bond donors (Lipinski definition) is 4. The quantitative estimate of drug-likeness (QED) is 0.628. The van der Waals surface area contributed by atoms with E-state index in [0.29, 0.717) is 0 Å². The van der Waals surface area contributed by atoms with Gasteiger partial charge in [-0.1, -0.05) is 18.2 Å². The number of sulfonamides is 1. The van der Waals surface area contributed by atoms with Crippen LogP contribution >= 0.6 is 0 Å². The van der Waals surface area contributed by atoms with Crippen molar-refractivity contribution in [3.63, 3.8) is 0 Å². The summed E-state index contributed by atoms with van der Waals surface area (Å²) in [6.45, 7) is 0. The van der Waals surface area contributed by atoms with E-state index in [-0.39, 0.29) is 16.1 Å². The zero-order valence-corrected chi connectivity index (χ0v) is 11.5. The Balaban J connectivity index is 2.40. The lowest BCUT2D eigenvalue weighted by atomic mass is 10.1. The first-order chi connectivity index (χ1) is 9.80. The number of nitrogens with one attached hydrogen (secondary N) is 1. The highest BCUT2D eigenvalue weighted by atomic mass is 32.2. The molecule has 0 aliphatic heterocycles. The fourth-order valence-electron chi connectivity index (χ4n) is 1.72. The summed E-state index contributed by atoms with van der Waals surface area (Å²) in [7, 11) is -4.01. The van der Waals surface area contributed by atoms with Crippen molar-refractivity contribution >= 4 is 21.6 Å². The van der Waals surface area contributed by atoms with Crippen molar-refractivity contribution in [3.8, 4) is 11.5 Å². The molecule has 0 aliphatic rings. The molecule has 2 rings (SSSR count). The highest BCUT2D eigenvalue weighted by Crippen LogP contribution is 2.29. The number of carbonyl (C=O) groups is 1. The van der Waals surface area contributed by atoms with Crippen LogP contribution in [0.1, 0.15) is 10.4 Å². The lowest BCUT2D eigenvalue weighted by Crippen LogP contribution is -2.18. The van der Waals surface area contributed by atoms with Crippen LogP contribution in [-0.4, -0.2) is 24.5 Å². The van der Waals surface area contributed by atoms with E-state index >= 15 is 0 Å². The van der Waals surface area contributed by atoms with Gasteiger partial charge in [0.05, 0.1) is 11.3 Å². The minimum Gasteiger partial charge on any atom is -0.504 e. The van der Waals surface area contributed by atoms with E-state index in [9.17, 15) is 23.4 Å². The standard InChI is InChI=1S/C13H12N2O5S/c14-21(19,20)11-7-2-1-5-9(11)15-13(18)8-4-3-6-10(16)12(8)17/h1-7,16-17H,(H,15,18)(H2,14,19,20). The van der Waals surface area contributed by atoms with Crippen molar-refractivity contribution in [1.82, 2.24) is 0 Å². The molecule has 0 unspecified atom stereocenters. The molecule has 0 spiro atoms. The molecule has 1 amide bonds. The maximum Gasteiger partial charge on any atom is 0.259 e. The number of aromatic hydroxyl groups is 2. The maximum atomic E-state index is 12.0. The lowest BCUT2D eigenvalue weighted by Gasteiger charge is -2.10. The highest BCUT2D eigenvalue weighted by Gasteiger charge is 2.18. The predicted octanol–water partition coefficient (Wildman–Crippen LogP) is 0.998. The van der Waals surface area contributed by atoms with Crippen LogP contribution in [0.4, 0.5) is 5.69 Å². The average Bonchev–Trinajstić information content (AvgIpc) is 2.41. The molecule has 2 aromatic carbocycles. The van der Waals surface area contributed by atoms with Gasteiger partial charge >= 0.3 is 0 Å². The monoisotopic (exact) mass is 308 g/mol. The zero-order chi connectivity index (χ0) is 15.6. The topological polar surface area (TPSA) is 130 Å². The number of para-hydroxylation sites is 2. The number of phenols is 2. The van der Waals surface area contributed by atoms with Gasteiger partial charge in [0.2, 0.25) is 10.0 Å². The Kier molecular flexibility index (Phi) is 3.83. The van der Waals surface area contributed by atoms with Gasteiger partial charge in [0.25, 0.3) is 5.91 Å². The van der Waals surface area contributed by atoms with E-state index in [1.165, 1.54) is 42.5 Å². The number of phenolic OH excluding ortho intramolecular Hbond substituents is 2. The normalized spacial score (nSPS) is 11.1. The van der Waals surface area contributed by atoms with Gasteiger partial charge in [-0.2, -0.15) is 0 Å². The molecule has 2 aromatic rings. The van der Waals surface area contributed by atoms with E-state index < -0.39 is 27.4 Å². The van der Waals surface area contributed by atoms with Gasteiger partial charge in [-0.3, -0.25) is 4.79 Å². The van der Waals surface area contributed by atoms with Crippen molar-refractivity contribution in [3.05, 3.63) is 48.0 Å². The molecule has 0 saturated carbocycles. The van der Waals surface area contributed by atoms with E-state index in [4.69, 9.17) is 5.14 Å². The van der Waals surface area contributed by atoms with Gasteiger partial charge in [-0.25, -0.2) is 13.6 Å². The second-order valence-corrected chi connectivity index (χ2v) is 5.70. The van der Waals surface area contributed by atoms with Crippen LogP contribution in [0.5, 0.6) is 11.5 Å². The Morgan fingerprint density at radius 3 is 2.38 bits per heavy atom. The molecular weight excluding hydrogens is 296 g/mol. The zero-order valence-electron chi connectivity index (χ0n) is 10.6. The molecule has 0 radical (unpaired) electrons. The number of rotatable bonds is 3. The molecule has 0 bridgehead atoms. The van der Waals surface area contributed by atoms with Gasteiger partial charge in [0.1, 0.15) is 4.90 Å². The van der Waals surface area contributed by atoms with E-state index in [1.54, 1.807) is 0 Å². The van der Waals surface area contributed by atoms with E-state index in [2.05, 4.69) is 5.32 Å². The summed E-state index contributed by atoms with van der Waals surface area (Å²) in [5, 5.41) is 26.4. The SMILES string of the molecule is NS(=O)(=O)c1ccccc1NC(=O)c1cccc(O)c1O. The van der Waals surface area contributed by atoms with Crippen molar-refractivity contribution in [1.29, 1.82) is 0 Å². The van der Waals surface area contributed by atoms with Gasteiger partial charge in [-0.15, -0.1) is 0 Å². The summed E-state index contributed by atoms with van der Waals surface area (Å²) in [6.07, 6.45) is 0. The largest absolute Gasteiger partial charge is 0.504 e. The fourth-order valence-corrected chi connectivity index (χ4v) is 2.42. The molecule has 21 heavy (non-hydrogen) atoms. The third kappa shape index (κ3) is 3.12. The first kappa shape index (κ1) is 14.8. The number of benzene rings is 2. The number of amides is 1. The second kappa shape index (κ2) is 5.43.